The van der Waals surface area contributed by atoms with Crippen LogP contribution in [0.15, 0.2) is 18.2 Å². The quantitative estimate of drug-likeness (QED) is 0.855. The van der Waals surface area contributed by atoms with Gasteiger partial charge in [-0.3, -0.25) is 4.79 Å². The summed E-state index contributed by atoms with van der Waals surface area (Å²) in [4.78, 5) is 13.3. The number of carbonyl (C=O) groups is 1. The van der Waals surface area contributed by atoms with Crippen LogP contribution in [-0.2, 0) is 6.18 Å². The van der Waals surface area contributed by atoms with E-state index in [-0.39, 0.29) is 11.6 Å². The molecule has 0 spiro atoms. The summed E-state index contributed by atoms with van der Waals surface area (Å²) < 4.78 is 37.9. The maximum absolute atomic E-state index is 12.6. The lowest BCUT2D eigenvalue weighted by Crippen LogP contribution is -2.57. The molecule has 1 heterocycles. The second-order valence-corrected chi connectivity index (χ2v) is 4.51. The Morgan fingerprint density at radius 3 is 2.50 bits per heavy atom. The van der Waals surface area contributed by atoms with Gasteiger partial charge in [0.1, 0.15) is 0 Å². The average molecular weight is 279 g/mol. The number of alkyl halides is 3. The molecule has 0 aromatic heterocycles. The van der Waals surface area contributed by atoms with Crippen molar-refractivity contribution in [3.63, 3.8) is 0 Å². The molecular formula is C11H10ClF3N2O. The minimum absolute atomic E-state index is 0.112. The molecule has 0 bridgehead atoms. The first-order valence-corrected chi connectivity index (χ1v) is 5.59. The maximum atomic E-state index is 12.6. The fraction of sp³-hybridized carbons (Fsp3) is 0.364. The fourth-order valence-corrected chi connectivity index (χ4v) is 2.08. The molecule has 98 valence electrons. The molecule has 1 saturated heterocycles. The summed E-state index contributed by atoms with van der Waals surface area (Å²) in [6, 6.07) is 3.19. The van der Waals surface area contributed by atoms with Crippen LogP contribution in [0.5, 0.6) is 0 Å². The topological polar surface area (TPSA) is 46.3 Å². The first kappa shape index (κ1) is 13.2. The highest BCUT2D eigenvalue weighted by molar-refractivity contribution is 6.34. The van der Waals surface area contributed by atoms with Crippen molar-refractivity contribution in [3.8, 4) is 0 Å². The number of benzene rings is 1. The summed E-state index contributed by atoms with van der Waals surface area (Å²) in [6.45, 7) is 0.677. The molecule has 0 radical (unpaired) electrons. The van der Waals surface area contributed by atoms with E-state index in [2.05, 4.69) is 0 Å². The van der Waals surface area contributed by atoms with Crippen molar-refractivity contribution in [1.82, 2.24) is 4.90 Å². The Kier molecular flexibility index (Phi) is 3.25. The van der Waals surface area contributed by atoms with Crippen molar-refractivity contribution < 1.29 is 18.0 Å². The van der Waals surface area contributed by atoms with Gasteiger partial charge in [-0.1, -0.05) is 17.7 Å². The first-order chi connectivity index (χ1) is 8.30. The molecule has 0 unspecified atom stereocenters. The van der Waals surface area contributed by atoms with Gasteiger partial charge in [-0.05, 0) is 12.1 Å². The van der Waals surface area contributed by atoms with Gasteiger partial charge in [-0.15, -0.1) is 0 Å². The molecule has 18 heavy (non-hydrogen) atoms. The van der Waals surface area contributed by atoms with Gasteiger partial charge in [0.25, 0.3) is 5.91 Å². The minimum Gasteiger partial charge on any atom is -0.335 e. The standard InChI is InChI=1S/C11H10ClF3N2O/c12-9-7(10(18)17-4-6(16)5-17)2-1-3-8(9)11(13,14)15/h1-3,6H,4-5,16H2. The van der Waals surface area contributed by atoms with Crippen LogP contribution in [0.4, 0.5) is 13.2 Å². The third-order valence-electron chi connectivity index (χ3n) is 2.73. The van der Waals surface area contributed by atoms with Gasteiger partial charge in [0, 0.05) is 19.1 Å². The first-order valence-electron chi connectivity index (χ1n) is 5.21. The van der Waals surface area contributed by atoms with Crippen molar-refractivity contribution >= 4 is 17.5 Å². The highest BCUT2D eigenvalue weighted by Crippen LogP contribution is 2.36. The summed E-state index contributed by atoms with van der Waals surface area (Å²) in [5.41, 5.74) is 4.37. The Labute approximate surface area is 106 Å². The van der Waals surface area contributed by atoms with E-state index in [0.717, 1.165) is 6.07 Å². The van der Waals surface area contributed by atoms with Crippen LogP contribution < -0.4 is 5.73 Å². The van der Waals surface area contributed by atoms with Gasteiger partial charge in [0.2, 0.25) is 0 Å². The van der Waals surface area contributed by atoms with E-state index in [0.29, 0.717) is 13.1 Å². The summed E-state index contributed by atoms with van der Waals surface area (Å²) >= 11 is 5.65. The lowest BCUT2D eigenvalue weighted by Gasteiger charge is -2.37. The summed E-state index contributed by atoms with van der Waals surface area (Å²) in [6.07, 6.45) is -4.57. The Hall–Kier alpha value is -1.27. The summed E-state index contributed by atoms with van der Waals surface area (Å²) in [5, 5.41) is -0.560. The van der Waals surface area contributed by atoms with Crippen LogP contribution in [0.2, 0.25) is 5.02 Å². The third kappa shape index (κ3) is 2.30. The molecular weight excluding hydrogens is 269 g/mol. The van der Waals surface area contributed by atoms with Gasteiger partial charge in [0.15, 0.2) is 0 Å². The molecule has 1 aromatic carbocycles. The number of likely N-dealkylation sites (tertiary alicyclic amines) is 1. The molecule has 3 nitrogen and oxygen atoms in total. The maximum Gasteiger partial charge on any atom is 0.417 e. The van der Waals surface area contributed by atoms with Crippen LogP contribution >= 0.6 is 11.6 Å². The van der Waals surface area contributed by atoms with E-state index in [1.54, 1.807) is 0 Å². The number of amides is 1. The molecule has 1 aliphatic rings. The molecule has 0 saturated carbocycles. The Bertz CT molecular complexity index is 484. The van der Waals surface area contributed by atoms with Gasteiger partial charge in [0.05, 0.1) is 16.1 Å². The van der Waals surface area contributed by atoms with E-state index in [4.69, 9.17) is 17.3 Å². The minimum atomic E-state index is -4.57. The molecule has 0 atom stereocenters. The van der Waals surface area contributed by atoms with Gasteiger partial charge >= 0.3 is 6.18 Å². The van der Waals surface area contributed by atoms with E-state index in [1.165, 1.54) is 17.0 Å². The number of rotatable bonds is 1. The van der Waals surface area contributed by atoms with Crippen LogP contribution in [0.25, 0.3) is 0 Å². The van der Waals surface area contributed by atoms with E-state index in [9.17, 15) is 18.0 Å². The van der Waals surface area contributed by atoms with Gasteiger partial charge in [-0.25, -0.2) is 0 Å². The zero-order chi connectivity index (χ0) is 13.5. The fourth-order valence-electron chi connectivity index (χ4n) is 1.76. The number of hydrogen-bond donors (Lipinski definition) is 1. The molecule has 0 aliphatic carbocycles. The summed E-state index contributed by atoms with van der Waals surface area (Å²) in [5.74, 6) is -0.521. The number of nitrogens with zero attached hydrogens (tertiary/aromatic N) is 1. The number of carbonyl (C=O) groups excluding carboxylic acids is 1. The van der Waals surface area contributed by atoms with E-state index < -0.39 is 22.7 Å². The third-order valence-corrected chi connectivity index (χ3v) is 3.14. The molecule has 2 N–H and O–H groups in total. The van der Waals surface area contributed by atoms with Gasteiger partial charge < -0.3 is 10.6 Å². The van der Waals surface area contributed by atoms with E-state index >= 15 is 0 Å². The highest BCUT2D eigenvalue weighted by Gasteiger charge is 2.36. The second-order valence-electron chi connectivity index (χ2n) is 4.14. The zero-order valence-electron chi connectivity index (χ0n) is 9.17. The average Bonchev–Trinajstić information content (AvgIpc) is 2.22. The molecule has 1 fully saturated rings. The Balaban J connectivity index is 2.32. The van der Waals surface area contributed by atoms with Crippen molar-refractivity contribution in [2.45, 2.75) is 12.2 Å². The van der Waals surface area contributed by atoms with Crippen LogP contribution in [0.1, 0.15) is 15.9 Å². The van der Waals surface area contributed by atoms with Crippen LogP contribution in [0, 0.1) is 0 Å². The Morgan fingerprint density at radius 2 is 2.00 bits per heavy atom. The smallest absolute Gasteiger partial charge is 0.335 e. The summed E-state index contributed by atoms with van der Waals surface area (Å²) in [7, 11) is 0. The van der Waals surface area contributed by atoms with Crippen molar-refractivity contribution in [2.24, 2.45) is 5.73 Å². The predicted molar refractivity (Wildman–Crippen MR) is 60.3 cm³/mol. The largest absolute Gasteiger partial charge is 0.417 e. The number of nitrogens with two attached hydrogens (primary N) is 1. The predicted octanol–water partition coefficient (Wildman–Crippen LogP) is 2.14. The number of hydrogen-bond acceptors (Lipinski definition) is 2. The van der Waals surface area contributed by atoms with Crippen molar-refractivity contribution in [1.29, 1.82) is 0 Å². The number of halogens is 4. The van der Waals surface area contributed by atoms with Crippen molar-refractivity contribution in [2.75, 3.05) is 13.1 Å². The highest BCUT2D eigenvalue weighted by atomic mass is 35.5. The SMILES string of the molecule is NC1CN(C(=O)c2cccc(C(F)(F)F)c2Cl)C1. The molecule has 7 heteroatoms. The van der Waals surface area contributed by atoms with Gasteiger partial charge in [-0.2, -0.15) is 13.2 Å². The van der Waals surface area contributed by atoms with Crippen LogP contribution in [0.3, 0.4) is 0 Å². The lowest BCUT2D eigenvalue weighted by molar-refractivity contribution is -0.137. The van der Waals surface area contributed by atoms with E-state index in [1.807, 2.05) is 0 Å². The molecule has 1 aromatic rings. The monoisotopic (exact) mass is 278 g/mol. The normalized spacial score (nSPS) is 16.6. The zero-order valence-corrected chi connectivity index (χ0v) is 9.92. The van der Waals surface area contributed by atoms with Crippen molar-refractivity contribution in [3.05, 3.63) is 34.3 Å². The Morgan fingerprint density at radius 1 is 1.39 bits per heavy atom. The lowest BCUT2D eigenvalue weighted by atomic mass is 10.1. The molecule has 1 aliphatic heterocycles. The second kappa shape index (κ2) is 4.44. The van der Waals surface area contributed by atoms with Crippen LogP contribution in [-0.4, -0.2) is 29.9 Å². The molecule has 1 amide bonds. The molecule has 2 rings (SSSR count).